The second kappa shape index (κ2) is 4.72. The van der Waals surface area contributed by atoms with E-state index in [9.17, 15) is 0 Å². The third kappa shape index (κ3) is 2.76. The van der Waals surface area contributed by atoms with Gasteiger partial charge in [0, 0.05) is 12.6 Å². The maximum Gasteiger partial charge on any atom is 0.141 e. The number of likely N-dealkylation sites (tertiary alicyclic amines) is 1. The first-order chi connectivity index (χ1) is 7.25. The quantitative estimate of drug-likeness (QED) is 0.763. The second-order valence-electron chi connectivity index (χ2n) is 4.36. The Kier molecular flexibility index (Phi) is 3.33. The molecular weight excluding hydrogens is 190 g/mol. The summed E-state index contributed by atoms with van der Waals surface area (Å²) >= 11 is 0. The zero-order chi connectivity index (χ0) is 10.7. The fourth-order valence-corrected chi connectivity index (χ4v) is 2.16. The predicted molar refractivity (Wildman–Crippen MR) is 58.5 cm³/mol. The van der Waals surface area contributed by atoms with Gasteiger partial charge in [-0.1, -0.05) is 0 Å². The number of nitrogens with zero attached hydrogens (tertiary/aromatic N) is 3. The van der Waals surface area contributed by atoms with Crippen molar-refractivity contribution in [1.82, 2.24) is 25.4 Å². The van der Waals surface area contributed by atoms with E-state index in [1.807, 2.05) is 0 Å². The van der Waals surface area contributed by atoms with E-state index < -0.39 is 0 Å². The minimum Gasteiger partial charge on any atom is -0.305 e. The number of hydrogen-bond donors (Lipinski definition) is 2. The van der Waals surface area contributed by atoms with Crippen LogP contribution < -0.4 is 5.32 Å². The van der Waals surface area contributed by atoms with Gasteiger partial charge in [-0.15, -0.1) is 0 Å². The van der Waals surface area contributed by atoms with Crippen molar-refractivity contribution in [2.75, 3.05) is 20.1 Å². The molecule has 1 aromatic rings. The molecular formula is C10H19N5. The topological polar surface area (TPSA) is 56.8 Å². The monoisotopic (exact) mass is 209 g/mol. The van der Waals surface area contributed by atoms with Crippen LogP contribution in [0.3, 0.4) is 0 Å². The van der Waals surface area contributed by atoms with Crippen LogP contribution in [0.2, 0.25) is 0 Å². The molecule has 2 unspecified atom stereocenters. The molecule has 2 heterocycles. The first-order valence-electron chi connectivity index (χ1n) is 5.55. The van der Waals surface area contributed by atoms with Crippen molar-refractivity contribution >= 4 is 0 Å². The number of H-pyrrole nitrogens is 1. The van der Waals surface area contributed by atoms with E-state index in [0.717, 1.165) is 12.4 Å². The standard InChI is InChI=1S/C10H19N5/c1-8(10-11-7-12-14-10)13-9-4-3-5-15(2)6-9/h7-9,13H,3-6H2,1-2H3,(H,11,12,14). The molecule has 0 saturated carbocycles. The van der Waals surface area contributed by atoms with Crippen LogP contribution in [0.15, 0.2) is 6.33 Å². The molecule has 2 N–H and O–H groups in total. The van der Waals surface area contributed by atoms with Gasteiger partial charge in [0.25, 0.3) is 0 Å². The molecule has 0 aromatic carbocycles. The predicted octanol–water partition coefficient (Wildman–Crippen LogP) is 0.549. The number of aromatic amines is 1. The molecule has 0 radical (unpaired) electrons. The van der Waals surface area contributed by atoms with Crippen molar-refractivity contribution in [3.63, 3.8) is 0 Å². The molecule has 1 fully saturated rings. The molecule has 1 saturated heterocycles. The van der Waals surface area contributed by atoms with Gasteiger partial charge < -0.3 is 10.2 Å². The van der Waals surface area contributed by atoms with Crippen molar-refractivity contribution < 1.29 is 0 Å². The summed E-state index contributed by atoms with van der Waals surface area (Å²) in [4.78, 5) is 6.53. The van der Waals surface area contributed by atoms with Gasteiger partial charge >= 0.3 is 0 Å². The molecule has 0 amide bonds. The van der Waals surface area contributed by atoms with Gasteiger partial charge in [-0.25, -0.2) is 4.98 Å². The van der Waals surface area contributed by atoms with Gasteiger partial charge in [-0.3, -0.25) is 5.10 Å². The van der Waals surface area contributed by atoms with E-state index in [1.165, 1.54) is 19.4 Å². The van der Waals surface area contributed by atoms with E-state index in [0.29, 0.717) is 6.04 Å². The minimum absolute atomic E-state index is 0.254. The van der Waals surface area contributed by atoms with Crippen LogP contribution in [0.1, 0.15) is 31.6 Å². The summed E-state index contributed by atoms with van der Waals surface area (Å²) in [5.74, 6) is 0.920. The normalized spacial score (nSPS) is 25.3. The lowest BCUT2D eigenvalue weighted by Crippen LogP contribution is -2.44. The highest BCUT2D eigenvalue weighted by molar-refractivity contribution is 4.91. The smallest absolute Gasteiger partial charge is 0.141 e. The average Bonchev–Trinajstić information content (AvgIpc) is 2.70. The molecule has 5 nitrogen and oxygen atoms in total. The molecule has 0 aliphatic carbocycles. The molecule has 0 spiro atoms. The maximum atomic E-state index is 4.16. The number of aromatic nitrogens is 3. The Morgan fingerprint density at radius 1 is 1.67 bits per heavy atom. The van der Waals surface area contributed by atoms with E-state index in [2.05, 4.69) is 39.4 Å². The molecule has 2 rings (SSSR count). The molecule has 0 bridgehead atoms. The van der Waals surface area contributed by atoms with Crippen LogP contribution in [-0.4, -0.2) is 46.3 Å². The molecule has 1 aromatic heterocycles. The van der Waals surface area contributed by atoms with Crippen LogP contribution >= 0.6 is 0 Å². The fourth-order valence-electron chi connectivity index (χ4n) is 2.16. The highest BCUT2D eigenvalue weighted by atomic mass is 15.2. The van der Waals surface area contributed by atoms with E-state index in [-0.39, 0.29) is 6.04 Å². The first-order valence-corrected chi connectivity index (χ1v) is 5.55. The molecule has 2 atom stereocenters. The Balaban J connectivity index is 1.86. The summed E-state index contributed by atoms with van der Waals surface area (Å²) in [5, 5.41) is 10.3. The van der Waals surface area contributed by atoms with Gasteiger partial charge in [-0.05, 0) is 33.4 Å². The van der Waals surface area contributed by atoms with Crippen LogP contribution in [0.4, 0.5) is 0 Å². The van der Waals surface area contributed by atoms with Gasteiger partial charge in [0.2, 0.25) is 0 Å². The SMILES string of the molecule is CC(NC1CCCN(C)C1)c1ncn[nH]1. The summed E-state index contributed by atoms with van der Waals surface area (Å²) in [7, 11) is 2.17. The number of piperidine rings is 1. The summed E-state index contributed by atoms with van der Waals surface area (Å²) in [6.45, 7) is 4.46. The molecule has 5 heteroatoms. The Labute approximate surface area is 90.3 Å². The Morgan fingerprint density at radius 3 is 3.20 bits per heavy atom. The lowest BCUT2D eigenvalue weighted by molar-refractivity contribution is 0.217. The lowest BCUT2D eigenvalue weighted by atomic mass is 10.1. The number of likely N-dealkylation sites (N-methyl/N-ethyl adjacent to an activating group) is 1. The number of hydrogen-bond acceptors (Lipinski definition) is 4. The van der Waals surface area contributed by atoms with Gasteiger partial charge in [-0.2, -0.15) is 5.10 Å². The Hall–Kier alpha value is -0.940. The van der Waals surface area contributed by atoms with Crippen LogP contribution in [0.25, 0.3) is 0 Å². The molecule has 84 valence electrons. The van der Waals surface area contributed by atoms with E-state index in [4.69, 9.17) is 0 Å². The number of nitrogens with one attached hydrogen (secondary N) is 2. The zero-order valence-electron chi connectivity index (χ0n) is 9.40. The van der Waals surface area contributed by atoms with Crippen LogP contribution in [0.5, 0.6) is 0 Å². The van der Waals surface area contributed by atoms with E-state index in [1.54, 1.807) is 6.33 Å². The summed E-state index contributed by atoms with van der Waals surface area (Å²) in [6, 6.07) is 0.827. The van der Waals surface area contributed by atoms with Gasteiger partial charge in [0.05, 0.1) is 6.04 Å². The molecule has 15 heavy (non-hydrogen) atoms. The van der Waals surface area contributed by atoms with Crippen LogP contribution in [-0.2, 0) is 0 Å². The highest BCUT2D eigenvalue weighted by Gasteiger charge is 2.19. The minimum atomic E-state index is 0.254. The molecule has 1 aliphatic rings. The third-order valence-electron chi connectivity index (χ3n) is 2.95. The Bertz CT molecular complexity index is 284. The third-order valence-corrected chi connectivity index (χ3v) is 2.95. The second-order valence-corrected chi connectivity index (χ2v) is 4.36. The zero-order valence-corrected chi connectivity index (χ0v) is 9.40. The maximum absolute atomic E-state index is 4.16. The van der Waals surface area contributed by atoms with Crippen molar-refractivity contribution in [3.05, 3.63) is 12.2 Å². The Morgan fingerprint density at radius 2 is 2.53 bits per heavy atom. The van der Waals surface area contributed by atoms with Crippen molar-refractivity contribution in [1.29, 1.82) is 0 Å². The molecule has 1 aliphatic heterocycles. The lowest BCUT2D eigenvalue weighted by Gasteiger charge is -2.31. The summed E-state index contributed by atoms with van der Waals surface area (Å²) < 4.78 is 0. The van der Waals surface area contributed by atoms with Crippen molar-refractivity contribution in [2.45, 2.75) is 31.8 Å². The first kappa shape index (κ1) is 10.6. The summed E-state index contributed by atoms with van der Waals surface area (Å²) in [5.41, 5.74) is 0. The average molecular weight is 209 g/mol. The fraction of sp³-hybridized carbons (Fsp3) is 0.800. The van der Waals surface area contributed by atoms with Crippen molar-refractivity contribution in [3.8, 4) is 0 Å². The number of rotatable bonds is 3. The van der Waals surface area contributed by atoms with Gasteiger partial charge in [0.1, 0.15) is 12.2 Å². The summed E-state index contributed by atoms with van der Waals surface area (Å²) in [6.07, 6.45) is 4.08. The van der Waals surface area contributed by atoms with Crippen molar-refractivity contribution in [2.24, 2.45) is 0 Å². The van der Waals surface area contributed by atoms with E-state index >= 15 is 0 Å². The van der Waals surface area contributed by atoms with Gasteiger partial charge in [0.15, 0.2) is 0 Å². The largest absolute Gasteiger partial charge is 0.305 e. The highest BCUT2D eigenvalue weighted by Crippen LogP contribution is 2.12. The van der Waals surface area contributed by atoms with Crippen LogP contribution in [0, 0.1) is 0 Å².